The molecule has 2 amide bonds. The van der Waals surface area contributed by atoms with Gasteiger partial charge in [-0.2, -0.15) is 26.3 Å². The summed E-state index contributed by atoms with van der Waals surface area (Å²) in [5.41, 5.74) is 6.98. The summed E-state index contributed by atoms with van der Waals surface area (Å²) in [6.45, 7) is 0.966. The lowest BCUT2D eigenvalue weighted by Gasteiger charge is -2.32. The Kier molecular flexibility index (Phi) is 9.07. The minimum Gasteiger partial charge on any atom is -0.363 e. The maximum Gasteiger partial charge on any atom is 0.390 e. The molecule has 1 fully saturated rings. The molecule has 16 heteroatoms. The van der Waals surface area contributed by atoms with Gasteiger partial charge in [-0.15, -0.1) is 0 Å². The van der Waals surface area contributed by atoms with Gasteiger partial charge in [0, 0.05) is 32.0 Å². The summed E-state index contributed by atoms with van der Waals surface area (Å²) in [5, 5.41) is 2.51. The number of halogens is 8. The SMILES string of the molecule is C[C@@H](NC(=O)CCC(F)(F)F)c1ccc2nc([C@H](c3cn(CCC(F)(F)F)c(C(N)=O)n3)C3CCC(F)(F)CC3)[nH]c2c1. The lowest BCUT2D eigenvalue weighted by molar-refractivity contribution is -0.144. The van der Waals surface area contributed by atoms with E-state index in [0.29, 0.717) is 16.6 Å². The number of hydrogen-bond donors (Lipinski definition) is 3. The predicted molar refractivity (Wildman–Crippen MR) is 138 cm³/mol. The van der Waals surface area contributed by atoms with E-state index in [9.17, 15) is 44.7 Å². The van der Waals surface area contributed by atoms with Crippen LogP contribution in [0.5, 0.6) is 0 Å². The van der Waals surface area contributed by atoms with Gasteiger partial charge in [0.1, 0.15) is 5.82 Å². The van der Waals surface area contributed by atoms with Crippen molar-refractivity contribution in [3.8, 4) is 0 Å². The number of aryl methyl sites for hydroxylation is 1. The number of hydrogen-bond acceptors (Lipinski definition) is 4. The molecule has 8 nitrogen and oxygen atoms in total. The smallest absolute Gasteiger partial charge is 0.363 e. The van der Waals surface area contributed by atoms with Crippen molar-refractivity contribution < 1.29 is 44.7 Å². The molecule has 0 aliphatic heterocycles. The van der Waals surface area contributed by atoms with Crippen molar-refractivity contribution in [3.63, 3.8) is 0 Å². The Labute approximate surface area is 240 Å². The molecular formula is C27H30F8N6O2. The minimum atomic E-state index is -4.51. The van der Waals surface area contributed by atoms with Gasteiger partial charge >= 0.3 is 12.4 Å². The first-order valence-corrected chi connectivity index (χ1v) is 13.6. The molecule has 2 heterocycles. The number of nitrogens with two attached hydrogens (primary N) is 1. The first-order chi connectivity index (χ1) is 19.9. The molecule has 1 aromatic carbocycles. The molecule has 2 atom stereocenters. The average molecular weight is 623 g/mol. The Bertz CT molecular complexity index is 1450. The number of amides is 2. The lowest BCUT2D eigenvalue weighted by atomic mass is 9.77. The van der Waals surface area contributed by atoms with Crippen molar-refractivity contribution >= 4 is 22.8 Å². The van der Waals surface area contributed by atoms with Crippen LogP contribution in [0.15, 0.2) is 24.4 Å². The Balaban J connectivity index is 1.66. The molecule has 236 valence electrons. The third-order valence-corrected chi connectivity index (χ3v) is 7.54. The van der Waals surface area contributed by atoms with E-state index in [1.807, 2.05) is 0 Å². The second kappa shape index (κ2) is 12.1. The van der Waals surface area contributed by atoms with Gasteiger partial charge in [0.05, 0.1) is 41.5 Å². The molecule has 4 N–H and O–H groups in total. The van der Waals surface area contributed by atoms with E-state index in [1.54, 1.807) is 25.1 Å². The zero-order chi connectivity index (χ0) is 31.7. The number of nitrogens with zero attached hydrogens (tertiary/aromatic N) is 3. The minimum absolute atomic E-state index is 0.0578. The van der Waals surface area contributed by atoms with Gasteiger partial charge in [-0.1, -0.05) is 6.07 Å². The molecule has 0 spiro atoms. The highest BCUT2D eigenvalue weighted by atomic mass is 19.4. The topological polar surface area (TPSA) is 119 Å². The summed E-state index contributed by atoms with van der Waals surface area (Å²) < 4.78 is 105. The summed E-state index contributed by atoms with van der Waals surface area (Å²) in [6.07, 6.45) is -11.7. The number of aromatic amines is 1. The fraction of sp³-hybridized carbons (Fsp3) is 0.556. The highest BCUT2D eigenvalue weighted by Crippen LogP contribution is 2.44. The number of alkyl halides is 8. The lowest BCUT2D eigenvalue weighted by Crippen LogP contribution is -2.28. The molecule has 0 saturated heterocycles. The Hall–Kier alpha value is -3.72. The van der Waals surface area contributed by atoms with Gasteiger partial charge in [0.15, 0.2) is 5.82 Å². The largest absolute Gasteiger partial charge is 0.390 e. The van der Waals surface area contributed by atoms with Gasteiger partial charge < -0.3 is 20.6 Å². The van der Waals surface area contributed by atoms with Gasteiger partial charge in [0.25, 0.3) is 5.91 Å². The van der Waals surface area contributed by atoms with Crippen LogP contribution in [0.3, 0.4) is 0 Å². The maximum absolute atomic E-state index is 14.0. The molecule has 1 aliphatic carbocycles. The van der Waals surface area contributed by atoms with Crippen LogP contribution >= 0.6 is 0 Å². The first kappa shape index (κ1) is 32.2. The van der Waals surface area contributed by atoms with Crippen LogP contribution in [0.4, 0.5) is 35.1 Å². The van der Waals surface area contributed by atoms with Crippen molar-refractivity contribution in [1.82, 2.24) is 24.8 Å². The number of H-pyrrole nitrogens is 1. The van der Waals surface area contributed by atoms with Gasteiger partial charge in [0.2, 0.25) is 11.8 Å². The van der Waals surface area contributed by atoms with E-state index < -0.39 is 92.4 Å². The molecule has 0 radical (unpaired) electrons. The average Bonchev–Trinajstić information content (AvgIpc) is 3.50. The number of primary amides is 1. The van der Waals surface area contributed by atoms with E-state index in [-0.39, 0.29) is 24.4 Å². The van der Waals surface area contributed by atoms with Crippen LogP contribution in [-0.4, -0.2) is 49.6 Å². The fourth-order valence-electron chi connectivity index (χ4n) is 5.32. The Morgan fingerprint density at radius 3 is 2.35 bits per heavy atom. The van der Waals surface area contributed by atoms with Gasteiger partial charge in [-0.3, -0.25) is 9.59 Å². The number of carbonyl (C=O) groups is 2. The zero-order valence-electron chi connectivity index (χ0n) is 23.0. The molecule has 4 rings (SSSR count). The van der Waals surface area contributed by atoms with Crippen molar-refractivity contribution in [2.45, 2.75) is 88.6 Å². The fourth-order valence-corrected chi connectivity index (χ4v) is 5.32. The second-order valence-corrected chi connectivity index (χ2v) is 10.9. The molecule has 43 heavy (non-hydrogen) atoms. The van der Waals surface area contributed by atoms with Crippen LogP contribution in [0, 0.1) is 5.92 Å². The van der Waals surface area contributed by atoms with Crippen LogP contribution in [0.25, 0.3) is 11.0 Å². The zero-order valence-corrected chi connectivity index (χ0v) is 23.0. The maximum atomic E-state index is 14.0. The summed E-state index contributed by atoms with van der Waals surface area (Å²) >= 11 is 0. The van der Waals surface area contributed by atoms with Crippen molar-refractivity contribution in [2.75, 3.05) is 0 Å². The first-order valence-electron chi connectivity index (χ1n) is 13.6. The number of fused-ring (bicyclic) bond motifs is 1. The molecule has 3 aromatic rings. The Morgan fingerprint density at radius 1 is 1.09 bits per heavy atom. The molecular weight excluding hydrogens is 592 g/mol. The summed E-state index contributed by atoms with van der Waals surface area (Å²) in [5.74, 6) is -6.07. The van der Waals surface area contributed by atoms with E-state index in [0.717, 1.165) is 4.57 Å². The Morgan fingerprint density at radius 2 is 1.74 bits per heavy atom. The number of rotatable bonds is 10. The van der Waals surface area contributed by atoms with Crippen molar-refractivity contribution in [2.24, 2.45) is 11.7 Å². The van der Waals surface area contributed by atoms with Crippen molar-refractivity contribution in [1.29, 1.82) is 0 Å². The number of imidazole rings is 2. The third-order valence-electron chi connectivity index (χ3n) is 7.54. The monoisotopic (exact) mass is 622 g/mol. The standard InChI is InChI=1S/C27H30F8N6O2/c1-14(37-20(42)6-9-26(30,31)32)16-2-3-17-18(12-16)39-23(38-17)21(15-4-7-25(28,29)8-5-15)19-13-41(11-10-27(33,34)35)24(40-19)22(36)43/h2-3,12-15,21H,4-11H2,1H3,(H2,36,43)(H,37,42)(H,38,39)/t14-,21+/m1/s1. The van der Waals surface area contributed by atoms with Crippen LogP contribution in [0.2, 0.25) is 0 Å². The van der Waals surface area contributed by atoms with Crippen molar-refractivity contribution in [3.05, 3.63) is 47.3 Å². The second-order valence-electron chi connectivity index (χ2n) is 10.9. The molecule has 0 unspecified atom stereocenters. The van der Waals surface area contributed by atoms with Crippen LogP contribution in [0.1, 0.15) is 91.5 Å². The van der Waals surface area contributed by atoms with E-state index in [4.69, 9.17) is 5.73 Å². The van der Waals surface area contributed by atoms with E-state index >= 15 is 0 Å². The van der Waals surface area contributed by atoms with E-state index in [1.165, 1.54) is 6.20 Å². The summed E-state index contributed by atoms with van der Waals surface area (Å²) in [4.78, 5) is 36.0. The van der Waals surface area contributed by atoms with Gasteiger partial charge in [-0.05, 0) is 43.4 Å². The van der Waals surface area contributed by atoms with Crippen LogP contribution < -0.4 is 11.1 Å². The number of carbonyl (C=O) groups excluding carboxylic acids is 2. The quantitative estimate of drug-likeness (QED) is 0.231. The third kappa shape index (κ3) is 8.44. The molecule has 1 aliphatic rings. The molecule has 2 aromatic heterocycles. The summed E-state index contributed by atoms with van der Waals surface area (Å²) in [6, 6.07) is 4.19. The normalized spacial score (nSPS) is 17.6. The van der Waals surface area contributed by atoms with Gasteiger partial charge in [-0.25, -0.2) is 18.7 Å². The van der Waals surface area contributed by atoms with Crippen LogP contribution in [-0.2, 0) is 11.3 Å². The number of aromatic nitrogens is 4. The highest BCUT2D eigenvalue weighted by Gasteiger charge is 2.41. The highest BCUT2D eigenvalue weighted by molar-refractivity contribution is 5.89. The predicted octanol–water partition coefficient (Wildman–Crippen LogP) is 6.29. The number of benzene rings is 1. The van der Waals surface area contributed by atoms with E-state index in [2.05, 4.69) is 20.3 Å². The summed E-state index contributed by atoms with van der Waals surface area (Å²) in [7, 11) is 0. The molecule has 1 saturated carbocycles. The molecule has 0 bridgehead atoms. The number of nitrogens with one attached hydrogen (secondary N) is 2.